The van der Waals surface area contributed by atoms with E-state index >= 15 is 0 Å². The molecule has 0 fully saturated rings. The molecule has 0 aliphatic carbocycles. The highest BCUT2D eigenvalue weighted by Crippen LogP contribution is 2.35. The van der Waals surface area contributed by atoms with E-state index in [1.165, 1.54) is 0 Å². The SMILES string of the molecule is N#C/C(=C(/C#N)c1ccc(-n2c(-c3ccccc3)cc3ccccc32)cc1)c1ccc(-n2c(-c3ccccc3)cc3ccccc32)cc1. The minimum atomic E-state index is 0.342. The molecule has 0 spiro atoms. The third-order valence-corrected chi connectivity index (χ3v) is 8.86. The van der Waals surface area contributed by atoms with Crippen molar-refractivity contribution in [3.8, 4) is 46.0 Å². The van der Waals surface area contributed by atoms with Crippen LogP contribution >= 0.6 is 0 Å². The minimum Gasteiger partial charge on any atom is -0.309 e. The molecule has 2 heterocycles. The molecule has 4 nitrogen and oxygen atoms in total. The maximum Gasteiger partial charge on any atom is 0.101 e. The van der Waals surface area contributed by atoms with Gasteiger partial charge >= 0.3 is 0 Å². The fourth-order valence-corrected chi connectivity index (χ4v) is 6.59. The lowest BCUT2D eigenvalue weighted by molar-refractivity contribution is 1.13. The van der Waals surface area contributed by atoms with Gasteiger partial charge in [-0.2, -0.15) is 10.5 Å². The summed E-state index contributed by atoms with van der Waals surface area (Å²) in [7, 11) is 0. The molecule has 8 rings (SSSR count). The zero-order chi connectivity index (χ0) is 32.5. The largest absolute Gasteiger partial charge is 0.309 e. The van der Waals surface area contributed by atoms with Gasteiger partial charge in [0.05, 0.1) is 33.6 Å². The van der Waals surface area contributed by atoms with Gasteiger partial charge in [0.15, 0.2) is 0 Å². The molecule has 0 radical (unpaired) electrons. The predicted molar refractivity (Wildman–Crippen MR) is 195 cm³/mol. The maximum atomic E-state index is 10.3. The molecule has 8 aromatic rings. The molecule has 0 saturated carbocycles. The van der Waals surface area contributed by atoms with Crippen LogP contribution in [0.4, 0.5) is 0 Å². The summed E-state index contributed by atoms with van der Waals surface area (Å²) < 4.78 is 4.48. The van der Waals surface area contributed by atoms with Crippen LogP contribution in [0.2, 0.25) is 0 Å². The average Bonchev–Trinajstić information content (AvgIpc) is 3.74. The van der Waals surface area contributed by atoms with E-state index in [1.807, 2.05) is 109 Å². The summed E-state index contributed by atoms with van der Waals surface area (Å²) in [4.78, 5) is 0. The highest BCUT2D eigenvalue weighted by atomic mass is 15.0. The van der Waals surface area contributed by atoms with Crippen LogP contribution in [0.3, 0.4) is 0 Å². The van der Waals surface area contributed by atoms with Crippen molar-refractivity contribution in [3.05, 3.63) is 181 Å². The van der Waals surface area contributed by atoms with Gasteiger partial charge in [-0.15, -0.1) is 0 Å². The summed E-state index contributed by atoms with van der Waals surface area (Å²) in [6, 6.07) is 62.2. The summed E-state index contributed by atoms with van der Waals surface area (Å²) >= 11 is 0. The Morgan fingerprint density at radius 3 is 1.12 bits per heavy atom. The number of fused-ring (bicyclic) bond motifs is 2. The number of nitriles is 2. The van der Waals surface area contributed by atoms with Gasteiger partial charge in [0.2, 0.25) is 0 Å². The lowest BCUT2D eigenvalue weighted by Gasteiger charge is -2.13. The first kappa shape index (κ1) is 28.6. The Balaban J connectivity index is 1.18. The number of aromatic nitrogens is 2. The smallest absolute Gasteiger partial charge is 0.101 e. The zero-order valence-electron chi connectivity index (χ0n) is 26.0. The van der Waals surface area contributed by atoms with Crippen LogP contribution in [0.5, 0.6) is 0 Å². The molecule has 0 aliphatic rings. The summed E-state index contributed by atoms with van der Waals surface area (Å²) in [5.41, 5.74) is 10.6. The minimum absolute atomic E-state index is 0.342. The third-order valence-electron chi connectivity index (χ3n) is 8.86. The number of nitrogens with zero attached hydrogens (tertiary/aromatic N) is 4. The lowest BCUT2D eigenvalue weighted by Crippen LogP contribution is -1.98. The number of benzene rings is 6. The fraction of sp³-hybridized carbons (Fsp3) is 0. The molecule has 0 amide bonds. The molecule has 0 aliphatic heterocycles. The molecule has 224 valence electrons. The Labute approximate surface area is 278 Å². The van der Waals surface area contributed by atoms with E-state index in [0.29, 0.717) is 22.3 Å². The Kier molecular flexibility index (Phi) is 7.23. The second-order valence-corrected chi connectivity index (χ2v) is 11.6. The summed E-state index contributed by atoms with van der Waals surface area (Å²) in [5.74, 6) is 0. The number of para-hydroxylation sites is 2. The fourth-order valence-electron chi connectivity index (χ4n) is 6.59. The molecule has 48 heavy (non-hydrogen) atoms. The topological polar surface area (TPSA) is 57.4 Å². The Hall–Kier alpha value is -6.88. The molecule has 2 aromatic heterocycles. The molecular formula is C44H28N4. The third kappa shape index (κ3) is 4.95. The molecule has 0 bridgehead atoms. The highest BCUT2D eigenvalue weighted by Gasteiger charge is 2.17. The Morgan fingerprint density at radius 1 is 0.396 bits per heavy atom. The van der Waals surface area contributed by atoms with E-state index < -0.39 is 0 Å². The summed E-state index contributed by atoms with van der Waals surface area (Å²) in [6.07, 6.45) is 0. The molecule has 6 aromatic carbocycles. The van der Waals surface area contributed by atoms with Gasteiger partial charge in [-0.25, -0.2) is 0 Å². The number of allylic oxidation sites excluding steroid dienone is 2. The van der Waals surface area contributed by atoms with E-state index in [9.17, 15) is 10.5 Å². The first-order valence-electron chi connectivity index (χ1n) is 15.8. The van der Waals surface area contributed by atoms with Gasteiger partial charge in [0.25, 0.3) is 0 Å². The van der Waals surface area contributed by atoms with Crippen LogP contribution in [0.15, 0.2) is 170 Å². The van der Waals surface area contributed by atoms with Gasteiger partial charge in [0.1, 0.15) is 12.1 Å². The predicted octanol–water partition coefficient (Wildman–Crippen LogP) is 10.9. The zero-order valence-corrected chi connectivity index (χ0v) is 26.0. The van der Waals surface area contributed by atoms with E-state index in [1.54, 1.807) is 0 Å². The molecule has 0 saturated heterocycles. The number of hydrogen-bond donors (Lipinski definition) is 0. The van der Waals surface area contributed by atoms with Crippen LogP contribution in [-0.2, 0) is 0 Å². The van der Waals surface area contributed by atoms with Crippen molar-refractivity contribution in [1.29, 1.82) is 10.5 Å². The van der Waals surface area contributed by atoms with Crippen molar-refractivity contribution in [2.24, 2.45) is 0 Å². The van der Waals surface area contributed by atoms with Crippen molar-refractivity contribution in [3.63, 3.8) is 0 Å². The van der Waals surface area contributed by atoms with Crippen molar-refractivity contribution >= 4 is 33.0 Å². The van der Waals surface area contributed by atoms with Crippen molar-refractivity contribution < 1.29 is 0 Å². The van der Waals surface area contributed by atoms with E-state index in [0.717, 1.165) is 55.7 Å². The van der Waals surface area contributed by atoms with Crippen molar-refractivity contribution in [1.82, 2.24) is 9.13 Å². The van der Waals surface area contributed by atoms with Gasteiger partial charge < -0.3 is 9.13 Å². The molecule has 0 unspecified atom stereocenters. The van der Waals surface area contributed by atoms with Crippen LogP contribution in [0.1, 0.15) is 11.1 Å². The van der Waals surface area contributed by atoms with Gasteiger partial charge in [-0.3, -0.25) is 0 Å². The number of hydrogen-bond acceptors (Lipinski definition) is 2. The monoisotopic (exact) mass is 612 g/mol. The van der Waals surface area contributed by atoms with E-state index in [2.05, 4.69) is 81.9 Å². The van der Waals surface area contributed by atoms with Crippen molar-refractivity contribution in [2.45, 2.75) is 0 Å². The quantitative estimate of drug-likeness (QED) is 0.139. The number of rotatable bonds is 6. The normalized spacial score (nSPS) is 11.6. The van der Waals surface area contributed by atoms with E-state index in [-0.39, 0.29) is 0 Å². The lowest BCUT2D eigenvalue weighted by atomic mass is 9.96. The van der Waals surface area contributed by atoms with Crippen LogP contribution < -0.4 is 0 Å². The van der Waals surface area contributed by atoms with Gasteiger partial charge in [0, 0.05) is 22.1 Å². The van der Waals surface area contributed by atoms with Gasteiger partial charge in [-0.1, -0.05) is 121 Å². The summed E-state index contributed by atoms with van der Waals surface area (Å²) in [6.45, 7) is 0. The van der Waals surface area contributed by atoms with Crippen LogP contribution in [0, 0.1) is 22.7 Å². The van der Waals surface area contributed by atoms with Crippen LogP contribution in [0.25, 0.3) is 66.8 Å². The Bertz CT molecular complexity index is 2360. The molecule has 0 atom stereocenters. The Morgan fingerprint density at radius 2 is 0.750 bits per heavy atom. The molecule has 4 heteroatoms. The first-order chi connectivity index (χ1) is 23.7. The second kappa shape index (κ2) is 12.1. The van der Waals surface area contributed by atoms with Crippen molar-refractivity contribution in [2.75, 3.05) is 0 Å². The summed E-state index contributed by atoms with van der Waals surface area (Å²) in [5, 5.41) is 23.0. The average molecular weight is 613 g/mol. The molecular weight excluding hydrogens is 585 g/mol. The van der Waals surface area contributed by atoms with Crippen LogP contribution in [-0.4, -0.2) is 9.13 Å². The maximum absolute atomic E-state index is 10.3. The second-order valence-electron chi connectivity index (χ2n) is 11.6. The standard InChI is InChI=1S/C44H28N4/c45-29-39(31-19-23-37(24-20-31)47-41-17-9-7-15-35(41)27-43(47)33-11-3-1-4-12-33)40(30-46)32-21-25-38(26-22-32)48-42-18-10-8-16-36(42)28-44(48)34-13-5-2-6-14-34/h1-28H/b40-39+. The highest BCUT2D eigenvalue weighted by molar-refractivity contribution is 6.03. The first-order valence-corrected chi connectivity index (χ1v) is 15.8. The van der Waals surface area contributed by atoms with Gasteiger partial charge in [-0.05, 0) is 70.8 Å². The molecule has 0 N–H and O–H groups in total. The van der Waals surface area contributed by atoms with E-state index in [4.69, 9.17) is 0 Å².